The maximum absolute atomic E-state index is 11.1. The molecule has 13 heavy (non-hydrogen) atoms. The van der Waals surface area contributed by atoms with E-state index in [-0.39, 0.29) is 5.91 Å². The highest BCUT2D eigenvalue weighted by Crippen LogP contribution is 2.18. The number of nitrogens with two attached hydrogens (primary N) is 1. The van der Waals surface area contributed by atoms with Crippen LogP contribution in [-0.4, -0.2) is 20.0 Å². The SMILES string of the molecule is Cc1ccc(N(C)C)c(C(N)=O)c1. The molecule has 0 atom stereocenters. The Labute approximate surface area is 78.2 Å². The third kappa shape index (κ3) is 1.99. The summed E-state index contributed by atoms with van der Waals surface area (Å²) in [6, 6.07) is 5.66. The molecule has 1 rings (SSSR count). The van der Waals surface area contributed by atoms with Crippen molar-refractivity contribution in [2.45, 2.75) is 6.92 Å². The molecule has 0 fully saturated rings. The van der Waals surface area contributed by atoms with Crippen LogP contribution in [0.1, 0.15) is 15.9 Å². The van der Waals surface area contributed by atoms with E-state index in [9.17, 15) is 4.79 Å². The minimum absolute atomic E-state index is 0.382. The first-order valence-corrected chi connectivity index (χ1v) is 4.10. The fraction of sp³-hybridized carbons (Fsp3) is 0.300. The molecule has 0 heterocycles. The van der Waals surface area contributed by atoms with E-state index in [0.29, 0.717) is 5.56 Å². The van der Waals surface area contributed by atoms with Crippen molar-refractivity contribution in [3.63, 3.8) is 0 Å². The van der Waals surface area contributed by atoms with Gasteiger partial charge in [0, 0.05) is 19.8 Å². The van der Waals surface area contributed by atoms with Crippen LogP contribution >= 0.6 is 0 Å². The number of carbonyl (C=O) groups is 1. The average molecular weight is 178 g/mol. The number of nitrogens with zero attached hydrogens (tertiary/aromatic N) is 1. The van der Waals surface area contributed by atoms with Gasteiger partial charge >= 0.3 is 0 Å². The predicted octanol–water partition coefficient (Wildman–Crippen LogP) is 1.16. The topological polar surface area (TPSA) is 46.3 Å². The fourth-order valence-corrected chi connectivity index (χ4v) is 1.24. The van der Waals surface area contributed by atoms with Gasteiger partial charge in [-0.05, 0) is 19.1 Å². The molecule has 0 saturated carbocycles. The molecule has 0 saturated heterocycles. The van der Waals surface area contributed by atoms with Gasteiger partial charge in [-0.1, -0.05) is 11.6 Å². The minimum Gasteiger partial charge on any atom is -0.377 e. The highest BCUT2D eigenvalue weighted by atomic mass is 16.1. The van der Waals surface area contributed by atoms with E-state index < -0.39 is 0 Å². The lowest BCUT2D eigenvalue weighted by Crippen LogP contribution is -2.18. The lowest BCUT2D eigenvalue weighted by Gasteiger charge is -2.15. The number of hydrogen-bond donors (Lipinski definition) is 1. The van der Waals surface area contributed by atoms with Crippen LogP contribution < -0.4 is 10.6 Å². The number of amides is 1. The second kappa shape index (κ2) is 3.47. The summed E-state index contributed by atoms with van der Waals surface area (Å²) in [5.41, 5.74) is 7.73. The van der Waals surface area contributed by atoms with Gasteiger partial charge in [0.25, 0.3) is 5.91 Å². The Kier molecular flexibility index (Phi) is 2.56. The molecule has 0 aliphatic heterocycles. The summed E-state index contributed by atoms with van der Waals surface area (Å²) in [6.45, 7) is 1.94. The molecule has 0 aliphatic rings. The highest BCUT2D eigenvalue weighted by Gasteiger charge is 2.08. The Morgan fingerprint density at radius 3 is 2.46 bits per heavy atom. The summed E-state index contributed by atoms with van der Waals surface area (Å²) in [7, 11) is 3.77. The summed E-state index contributed by atoms with van der Waals surface area (Å²) >= 11 is 0. The third-order valence-corrected chi connectivity index (χ3v) is 1.90. The van der Waals surface area contributed by atoms with Crippen LogP contribution in [-0.2, 0) is 0 Å². The van der Waals surface area contributed by atoms with Gasteiger partial charge in [0.1, 0.15) is 0 Å². The Hall–Kier alpha value is -1.51. The van der Waals surface area contributed by atoms with Gasteiger partial charge < -0.3 is 10.6 Å². The molecule has 0 radical (unpaired) electrons. The van der Waals surface area contributed by atoms with Crippen molar-refractivity contribution in [1.82, 2.24) is 0 Å². The molecular weight excluding hydrogens is 164 g/mol. The van der Waals surface area contributed by atoms with Crippen molar-refractivity contribution in [3.05, 3.63) is 29.3 Å². The maximum atomic E-state index is 11.1. The first-order valence-electron chi connectivity index (χ1n) is 4.10. The van der Waals surface area contributed by atoms with Crippen molar-refractivity contribution < 1.29 is 4.79 Å². The summed E-state index contributed by atoms with van der Waals surface area (Å²) in [5.74, 6) is -0.382. The molecule has 0 spiro atoms. The third-order valence-electron chi connectivity index (χ3n) is 1.90. The van der Waals surface area contributed by atoms with Gasteiger partial charge in [0.15, 0.2) is 0 Å². The van der Waals surface area contributed by atoms with Gasteiger partial charge in [0.05, 0.1) is 5.56 Å². The zero-order chi connectivity index (χ0) is 10.0. The van der Waals surface area contributed by atoms with Gasteiger partial charge in [-0.25, -0.2) is 0 Å². The Balaban J connectivity index is 3.27. The Morgan fingerprint density at radius 1 is 1.38 bits per heavy atom. The number of aryl methyl sites for hydroxylation is 1. The summed E-state index contributed by atoms with van der Waals surface area (Å²) in [5, 5.41) is 0. The summed E-state index contributed by atoms with van der Waals surface area (Å²) in [6.07, 6.45) is 0. The largest absolute Gasteiger partial charge is 0.377 e. The monoisotopic (exact) mass is 178 g/mol. The average Bonchev–Trinajstić information content (AvgIpc) is 2.03. The Bertz CT molecular complexity index is 332. The van der Waals surface area contributed by atoms with Crippen LogP contribution in [0.15, 0.2) is 18.2 Å². The molecule has 1 aromatic rings. The lowest BCUT2D eigenvalue weighted by atomic mass is 10.1. The van der Waals surface area contributed by atoms with E-state index in [1.807, 2.05) is 38.1 Å². The van der Waals surface area contributed by atoms with Crippen LogP contribution in [0, 0.1) is 6.92 Å². The second-order valence-electron chi connectivity index (χ2n) is 3.28. The highest BCUT2D eigenvalue weighted by molar-refractivity contribution is 5.98. The molecule has 0 bridgehead atoms. The number of anilines is 1. The molecule has 1 aromatic carbocycles. The number of hydrogen-bond acceptors (Lipinski definition) is 2. The number of carbonyl (C=O) groups excluding carboxylic acids is 1. The van der Waals surface area contributed by atoms with E-state index in [4.69, 9.17) is 5.73 Å². The smallest absolute Gasteiger partial charge is 0.250 e. The van der Waals surface area contributed by atoms with E-state index >= 15 is 0 Å². The van der Waals surface area contributed by atoms with Crippen molar-refractivity contribution in [2.24, 2.45) is 5.73 Å². The first-order chi connectivity index (χ1) is 6.02. The summed E-state index contributed by atoms with van der Waals surface area (Å²) in [4.78, 5) is 12.9. The van der Waals surface area contributed by atoms with Crippen molar-refractivity contribution >= 4 is 11.6 Å². The van der Waals surface area contributed by atoms with Gasteiger partial charge in [-0.15, -0.1) is 0 Å². The molecule has 0 aromatic heterocycles. The standard InChI is InChI=1S/C10H14N2O/c1-7-4-5-9(12(2)3)8(6-7)10(11)13/h4-6H,1-3H3,(H2,11,13). The fourth-order valence-electron chi connectivity index (χ4n) is 1.24. The lowest BCUT2D eigenvalue weighted by molar-refractivity contribution is 0.100. The zero-order valence-electron chi connectivity index (χ0n) is 8.16. The molecule has 0 unspecified atom stereocenters. The molecule has 70 valence electrons. The van der Waals surface area contributed by atoms with Gasteiger partial charge in [-0.2, -0.15) is 0 Å². The predicted molar refractivity (Wildman–Crippen MR) is 54.0 cm³/mol. The van der Waals surface area contributed by atoms with Crippen LogP contribution in [0.3, 0.4) is 0 Å². The van der Waals surface area contributed by atoms with Crippen molar-refractivity contribution in [2.75, 3.05) is 19.0 Å². The Morgan fingerprint density at radius 2 is 2.00 bits per heavy atom. The van der Waals surface area contributed by atoms with Crippen molar-refractivity contribution in [3.8, 4) is 0 Å². The minimum atomic E-state index is -0.382. The quantitative estimate of drug-likeness (QED) is 0.738. The van der Waals surface area contributed by atoms with Gasteiger partial charge in [0.2, 0.25) is 0 Å². The van der Waals surface area contributed by atoms with E-state index in [0.717, 1.165) is 11.3 Å². The van der Waals surface area contributed by atoms with Crippen LogP contribution in [0.4, 0.5) is 5.69 Å². The van der Waals surface area contributed by atoms with E-state index in [2.05, 4.69) is 0 Å². The summed E-state index contributed by atoms with van der Waals surface area (Å²) < 4.78 is 0. The van der Waals surface area contributed by atoms with E-state index in [1.54, 1.807) is 6.07 Å². The zero-order valence-corrected chi connectivity index (χ0v) is 8.16. The van der Waals surface area contributed by atoms with Crippen LogP contribution in [0.25, 0.3) is 0 Å². The molecular formula is C10H14N2O. The molecule has 3 heteroatoms. The molecule has 0 aliphatic carbocycles. The number of primary amides is 1. The van der Waals surface area contributed by atoms with Crippen LogP contribution in [0.5, 0.6) is 0 Å². The normalized spacial score (nSPS) is 9.77. The van der Waals surface area contributed by atoms with Crippen LogP contribution in [0.2, 0.25) is 0 Å². The second-order valence-corrected chi connectivity index (χ2v) is 3.28. The number of benzene rings is 1. The number of rotatable bonds is 2. The maximum Gasteiger partial charge on any atom is 0.250 e. The van der Waals surface area contributed by atoms with E-state index in [1.165, 1.54) is 0 Å². The molecule has 1 amide bonds. The van der Waals surface area contributed by atoms with Crippen molar-refractivity contribution in [1.29, 1.82) is 0 Å². The molecule has 3 nitrogen and oxygen atoms in total. The first kappa shape index (κ1) is 9.58. The van der Waals surface area contributed by atoms with Gasteiger partial charge in [-0.3, -0.25) is 4.79 Å². The molecule has 2 N–H and O–H groups in total.